The summed E-state index contributed by atoms with van der Waals surface area (Å²) in [5.74, 6) is 0. The van der Waals surface area contributed by atoms with Gasteiger partial charge >= 0.3 is 6.18 Å². The second-order valence-corrected chi connectivity index (χ2v) is 2.57. The van der Waals surface area contributed by atoms with Gasteiger partial charge in [-0.2, -0.15) is 13.2 Å². The largest absolute Gasteiger partial charge is 0.426 e. The van der Waals surface area contributed by atoms with Crippen LogP contribution in [0.1, 0.15) is 0 Å². The van der Waals surface area contributed by atoms with Crippen LogP contribution in [0, 0.1) is 10.1 Å². The summed E-state index contributed by atoms with van der Waals surface area (Å²) in [6, 6.07) is 4.45. The fourth-order valence-corrected chi connectivity index (χ4v) is 0.808. The van der Waals surface area contributed by atoms with Gasteiger partial charge < -0.3 is 0 Å². The highest BCUT2D eigenvalue weighted by Crippen LogP contribution is 2.19. The van der Waals surface area contributed by atoms with Crippen LogP contribution in [0.4, 0.5) is 24.5 Å². The lowest BCUT2D eigenvalue weighted by Crippen LogP contribution is -2.07. The number of alkyl halides is 3. The number of benzene rings is 1. The molecule has 0 fully saturated rings. The zero-order valence-electron chi connectivity index (χ0n) is 7.23. The van der Waals surface area contributed by atoms with Gasteiger partial charge in [0.2, 0.25) is 0 Å². The van der Waals surface area contributed by atoms with E-state index in [1.165, 1.54) is 0 Å². The van der Waals surface area contributed by atoms with Gasteiger partial charge in [0, 0.05) is 12.1 Å². The van der Waals surface area contributed by atoms with E-state index in [1.807, 2.05) is 0 Å². The van der Waals surface area contributed by atoms with Crippen molar-refractivity contribution in [2.45, 2.75) is 6.18 Å². The standard InChI is InChI=1S/C8H5F3N2O2/c9-8(10,11)5-12-6-1-3-7(4-2-6)13(14)15/h1-5H. The normalized spacial score (nSPS) is 11.9. The third kappa shape index (κ3) is 3.75. The van der Waals surface area contributed by atoms with Crippen molar-refractivity contribution in [1.82, 2.24) is 0 Å². The molecule has 4 nitrogen and oxygen atoms in total. The molecule has 80 valence electrons. The first-order valence-electron chi connectivity index (χ1n) is 3.75. The number of nitrogens with zero attached hydrogens (tertiary/aromatic N) is 2. The molecule has 0 saturated carbocycles. The maximum absolute atomic E-state index is 11.7. The number of hydrogen-bond acceptors (Lipinski definition) is 3. The van der Waals surface area contributed by atoms with Gasteiger partial charge in [0.1, 0.15) is 6.21 Å². The van der Waals surface area contributed by atoms with Gasteiger partial charge in [0.25, 0.3) is 5.69 Å². The molecule has 0 amide bonds. The molecule has 0 aliphatic heterocycles. The van der Waals surface area contributed by atoms with E-state index in [0.29, 0.717) is 0 Å². The van der Waals surface area contributed by atoms with Crippen molar-refractivity contribution < 1.29 is 18.1 Å². The summed E-state index contributed by atoms with van der Waals surface area (Å²) in [7, 11) is 0. The van der Waals surface area contributed by atoms with Gasteiger partial charge in [-0.25, -0.2) is 0 Å². The third-order valence-electron chi connectivity index (χ3n) is 1.42. The number of nitro groups is 1. The monoisotopic (exact) mass is 218 g/mol. The maximum atomic E-state index is 11.7. The highest BCUT2D eigenvalue weighted by molar-refractivity contribution is 5.68. The van der Waals surface area contributed by atoms with Crippen LogP contribution >= 0.6 is 0 Å². The van der Waals surface area contributed by atoms with Crippen LogP contribution in [-0.4, -0.2) is 17.3 Å². The first-order valence-corrected chi connectivity index (χ1v) is 3.75. The van der Waals surface area contributed by atoms with Crippen LogP contribution in [0.5, 0.6) is 0 Å². The minimum atomic E-state index is -4.48. The van der Waals surface area contributed by atoms with E-state index >= 15 is 0 Å². The quantitative estimate of drug-likeness (QED) is 0.435. The molecule has 0 N–H and O–H groups in total. The molecule has 0 radical (unpaired) electrons. The first-order chi connectivity index (χ1) is 6.88. The van der Waals surface area contributed by atoms with Crippen molar-refractivity contribution in [2.75, 3.05) is 0 Å². The average molecular weight is 218 g/mol. The van der Waals surface area contributed by atoms with E-state index in [1.54, 1.807) is 0 Å². The molecule has 0 aromatic heterocycles. The van der Waals surface area contributed by atoms with E-state index in [2.05, 4.69) is 4.99 Å². The van der Waals surface area contributed by atoms with Crippen molar-refractivity contribution in [2.24, 2.45) is 4.99 Å². The minimum absolute atomic E-state index is 0.0120. The molecule has 0 heterocycles. The Balaban J connectivity index is 2.82. The lowest BCUT2D eigenvalue weighted by atomic mass is 10.3. The molecule has 1 rings (SSSR count). The molecular weight excluding hydrogens is 213 g/mol. The number of aliphatic imine (C=N–C) groups is 1. The van der Waals surface area contributed by atoms with Gasteiger partial charge in [0.15, 0.2) is 0 Å². The van der Waals surface area contributed by atoms with Gasteiger partial charge in [-0.3, -0.25) is 15.1 Å². The molecular formula is C8H5F3N2O2. The summed E-state index contributed by atoms with van der Waals surface area (Å²) in [5, 5.41) is 10.2. The highest BCUT2D eigenvalue weighted by Gasteiger charge is 2.23. The Hall–Kier alpha value is -1.92. The highest BCUT2D eigenvalue weighted by atomic mass is 19.4. The number of halogens is 3. The minimum Gasteiger partial charge on any atom is -0.258 e. The molecule has 15 heavy (non-hydrogen) atoms. The topological polar surface area (TPSA) is 55.5 Å². The fraction of sp³-hybridized carbons (Fsp3) is 0.125. The third-order valence-corrected chi connectivity index (χ3v) is 1.42. The Morgan fingerprint density at radius 3 is 2.20 bits per heavy atom. The zero-order chi connectivity index (χ0) is 11.5. The van der Waals surface area contributed by atoms with E-state index in [9.17, 15) is 23.3 Å². The molecule has 0 aliphatic rings. The van der Waals surface area contributed by atoms with E-state index < -0.39 is 11.1 Å². The second kappa shape index (κ2) is 4.07. The summed E-state index contributed by atoms with van der Waals surface area (Å²) in [6.07, 6.45) is -4.66. The van der Waals surface area contributed by atoms with E-state index in [0.717, 1.165) is 24.3 Å². The van der Waals surface area contributed by atoms with Crippen molar-refractivity contribution in [3.63, 3.8) is 0 Å². The predicted octanol–water partition coefficient (Wildman–Crippen LogP) is 2.86. The van der Waals surface area contributed by atoms with Crippen LogP contribution in [0.2, 0.25) is 0 Å². The fourth-order valence-electron chi connectivity index (χ4n) is 0.808. The summed E-state index contributed by atoms with van der Waals surface area (Å²) in [5.41, 5.74) is -0.182. The molecule has 0 spiro atoms. The number of hydrogen-bond donors (Lipinski definition) is 0. The summed E-state index contributed by atoms with van der Waals surface area (Å²) >= 11 is 0. The number of nitro benzene ring substituents is 1. The number of non-ortho nitro benzene ring substituents is 1. The Morgan fingerprint density at radius 1 is 1.27 bits per heavy atom. The molecule has 0 unspecified atom stereocenters. The van der Waals surface area contributed by atoms with Gasteiger partial charge in [-0.1, -0.05) is 0 Å². The average Bonchev–Trinajstić information content (AvgIpc) is 2.14. The van der Waals surface area contributed by atoms with Crippen LogP contribution in [-0.2, 0) is 0 Å². The Labute approximate surface area is 82.2 Å². The maximum Gasteiger partial charge on any atom is 0.426 e. The molecule has 0 saturated heterocycles. The van der Waals surface area contributed by atoms with Crippen molar-refractivity contribution in [3.05, 3.63) is 34.4 Å². The van der Waals surface area contributed by atoms with Crippen LogP contribution < -0.4 is 0 Å². The summed E-state index contributed by atoms with van der Waals surface area (Å²) in [4.78, 5) is 12.7. The van der Waals surface area contributed by atoms with E-state index in [-0.39, 0.29) is 17.6 Å². The molecule has 7 heteroatoms. The van der Waals surface area contributed by atoms with Crippen LogP contribution in [0.25, 0.3) is 0 Å². The second-order valence-electron chi connectivity index (χ2n) is 2.57. The molecule has 0 bridgehead atoms. The summed E-state index contributed by atoms with van der Waals surface area (Å²) in [6.45, 7) is 0. The first kappa shape index (κ1) is 11.2. The lowest BCUT2D eigenvalue weighted by Gasteiger charge is -1.97. The van der Waals surface area contributed by atoms with Crippen molar-refractivity contribution in [3.8, 4) is 0 Å². The zero-order valence-corrected chi connectivity index (χ0v) is 7.23. The van der Waals surface area contributed by atoms with Crippen LogP contribution in [0.15, 0.2) is 29.3 Å². The summed E-state index contributed by atoms with van der Waals surface area (Å²) < 4.78 is 35.1. The van der Waals surface area contributed by atoms with E-state index in [4.69, 9.17) is 0 Å². The molecule has 1 aromatic carbocycles. The molecule has 0 atom stereocenters. The van der Waals surface area contributed by atoms with Crippen molar-refractivity contribution in [1.29, 1.82) is 0 Å². The van der Waals surface area contributed by atoms with Crippen LogP contribution in [0.3, 0.4) is 0 Å². The SMILES string of the molecule is O=[N+]([O-])c1ccc(N=CC(F)(F)F)cc1. The van der Waals surface area contributed by atoms with Gasteiger partial charge in [-0.15, -0.1) is 0 Å². The smallest absolute Gasteiger partial charge is 0.258 e. The Bertz CT molecular complexity index is 384. The van der Waals surface area contributed by atoms with Gasteiger partial charge in [-0.05, 0) is 12.1 Å². The predicted molar refractivity (Wildman–Crippen MR) is 47.3 cm³/mol. The Morgan fingerprint density at radius 2 is 1.80 bits per heavy atom. The van der Waals surface area contributed by atoms with Gasteiger partial charge in [0.05, 0.1) is 10.6 Å². The number of rotatable bonds is 2. The Kier molecular flexibility index (Phi) is 3.03. The lowest BCUT2D eigenvalue weighted by molar-refractivity contribution is -0.384. The van der Waals surface area contributed by atoms with Crippen molar-refractivity contribution >= 4 is 17.6 Å². The molecule has 1 aromatic rings. The molecule has 0 aliphatic carbocycles.